The zero-order valence-corrected chi connectivity index (χ0v) is 17.7. The van der Waals surface area contributed by atoms with Crippen molar-refractivity contribution in [1.82, 2.24) is 5.32 Å². The Morgan fingerprint density at radius 2 is 1.94 bits per heavy atom. The summed E-state index contributed by atoms with van der Waals surface area (Å²) in [4.78, 5) is 24.5. The standard InChI is InChI=1S/C23H29N3O5/c1-29-12-13-31-20-5-2-4-19(14-20)24-16-22(27)26-18-9-7-17(8-10-18)23(28)25-15-21-6-3-11-30-21/h2,4-5,7-10,14,21,24H,3,6,11-13,15-16H2,1H3,(H,25,28)(H,26,27). The van der Waals surface area contributed by atoms with Crippen LogP contribution in [0.4, 0.5) is 11.4 Å². The van der Waals surface area contributed by atoms with E-state index in [0.717, 1.165) is 25.1 Å². The van der Waals surface area contributed by atoms with E-state index in [9.17, 15) is 9.59 Å². The van der Waals surface area contributed by atoms with E-state index in [1.807, 2.05) is 24.3 Å². The quantitative estimate of drug-likeness (QED) is 0.477. The molecular weight excluding hydrogens is 398 g/mol. The Hall–Kier alpha value is -3.10. The molecule has 0 saturated carbocycles. The van der Waals surface area contributed by atoms with E-state index in [-0.39, 0.29) is 24.5 Å². The highest BCUT2D eigenvalue weighted by Gasteiger charge is 2.16. The van der Waals surface area contributed by atoms with Crippen molar-refractivity contribution < 1.29 is 23.8 Å². The highest BCUT2D eigenvalue weighted by Crippen LogP contribution is 2.17. The van der Waals surface area contributed by atoms with Crippen molar-refractivity contribution in [2.45, 2.75) is 18.9 Å². The van der Waals surface area contributed by atoms with Gasteiger partial charge in [0.2, 0.25) is 5.91 Å². The first-order valence-electron chi connectivity index (χ1n) is 10.4. The number of amides is 2. The van der Waals surface area contributed by atoms with Gasteiger partial charge in [-0.1, -0.05) is 6.07 Å². The number of carbonyl (C=O) groups is 2. The lowest BCUT2D eigenvalue weighted by molar-refractivity contribution is -0.114. The zero-order chi connectivity index (χ0) is 21.9. The second-order valence-corrected chi connectivity index (χ2v) is 7.19. The molecule has 1 atom stereocenters. The number of benzene rings is 2. The smallest absolute Gasteiger partial charge is 0.251 e. The molecule has 0 aliphatic carbocycles. The van der Waals surface area contributed by atoms with Gasteiger partial charge in [-0.2, -0.15) is 0 Å². The van der Waals surface area contributed by atoms with Gasteiger partial charge in [-0.05, 0) is 49.2 Å². The highest BCUT2D eigenvalue weighted by molar-refractivity contribution is 5.96. The van der Waals surface area contributed by atoms with Crippen molar-refractivity contribution in [3.8, 4) is 5.75 Å². The average Bonchev–Trinajstić information content (AvgIpc) is 3.31. The molecule has 8 heteroatoms. The number of carbonyl (C=O) groups excluding carboxylic acids is 2. The third-order valence-electron chi connectivity index (χ3n) is 4.79. The Labute approximate surface area is 182 Å². The first kappa shape index (κ1) is 22.6. The molecule has 166 valence electrons. The molecule has 2 aromatic rings. The molecule has 3 rings (SSSR count). The fraction of sp³-hybridized carbons (Fsp3) is 0.391. The molecule has 2 aromatic carbocycles. The molecule has 1 unspecified atom stereocenters. The summed E-state index contributed by atoms with van der Waals surface area (Å²) in [7, 11) is 1.62. The summed E-state index contributed by atoms with van der Waals surface area (Å²) in [6.07, 6.45) is 2.12. The van der Waals surface area contributed by atoms with Crippen LogP contribution in [0.2, 0.25) is 0 Å². The molecule has 0 aromatic heterocycles. The van der Waals surface area contributed by atoms with Crippen LogP contribution < -0.4 is 20.7 Å². The molecule has 3 N–H and O–H groups in total. The van der Waals surface area contributed by atoms with Gasteiger partial charge in [0.25, 0.3) is 5.91 Å². The molecule has 8 nitrogen and oxygen atoms in total. The number of methoxy groups -OCH3 is 1. The van der Waals surface area contributed by atoms with Crippen LogP contribution in [0.1, 0.15) is 23.2 Å². The molecule has 1 fully saturated rings. The lowest BCUT2D eigenvalue weighted by Gasteiger charge is -2.12. The van der Waals surface area contributed by atoms with Crippen molar-refractivity contribution in [1.29, 1.82) is 0 Å². The van der Waals surface area contributed by atoms with Crippen LogP contribution in [0.25, 0.3) is 0 Å². The minimum Gasteiger partial charge on any atom is -0.491 e. The Morgan fingerprint density at radius 1 is 1.10 bits per heavy atom. The molecule has 31 heavy (non-hydrogen) atoms. The van der Waals surface area contributed by atoms with E-state index in [2.05, 4.69) is 16.0 Å². The first-order valence-corrected chi connectivity index (χ1v) is 10.4. The second kappa shape index (κ2) is 11.9. The fourth-order valence-electron chi connectivity index (χ4n) is 3.15. The van der Waals surface area contributed by atoms with Crippen molar-refractivity contribution >= 4 is 23.2 Å². The van der Waals surface area contributed by atoms with E-state index >= 15 is 0 Å². The third-order valence-corrected chi connectivity index (χ3v) is 4.79. The van der Waals surface area contributed by atoms with Crippen molar-refractivity contribution in [2.24, 2.45) is 0 Å². The van der Waals surface area contributed by atoms with Crippen LogP contribution >= 0.6 is 0 Å². The van der Waals surface area contributed by atoms with E-state index in [1.165, 1.54) is 0 Å². The normalized spacial score (nSPS) is 15.3. The fourth-order valence-corrected chi connectivity index (χ4v) is 3.15. The molecule has 1 aliphatic rings. The van der Waals surface area contributed by atoms with Crippen LogP contribution in [0, 0.1) is 0 Å². The van der Waals surface area contributed by atoms with Crippen LogP contribution in [0.5, 0.6) is 5.75 Å². The van der Waals surface area contributed by atoms with Gasteiger partial charge in [0, 0.05) is 43.3 Å². The minimum absolute atomic E-state index is 0.102. The number of anilines is 2. The lowest BCUT2D eigenvalue weighted by atomic mass is 10.2. The summed E-state index contributed by atoms with van der Waals surface area (Å²) in [5, 5.41) is 8.76. The van der Waals surface area contributed by atoms with Crippen molar-refractivity contribution in [2.75, 3.05) is 50.7 Å². The maximum absolute atomic E-state index is 12.2. The van der Waals surface area contributed by atoms with Gasteiger partial charge in [-0.3, -0.25) is 9.59 Å². The van der Waals surface area contributed by atoms with Gasteiger partial charge >= 0.3 is 0 Å². The predicted octanol–water partition coefficient (Wildman–Crippen LogP) is 2.67. The SMILES string of the molecule is COCCOc1cccc(NCC(=O)Nc2ccc(C(=O)NCC3CCCO3)cc2)c1. The molecular formula is C23H29N3O5. The Kier molecular flexibility index (Phi) is 8.69. The summed E-state index contributed by atoms with van der Waals surface area (Å²) >= 11 is 0. The van der Waals surface area contributed by atoms with Crippen LogP contribution in [0.3, 0.4) is 0 Å². The van der Waals surface area contributed by atoms with Crippen LogP contribution in [0.15, 0.2) is 48.5 Å². The number of nitrogens with one attached hydrogen (secondary N) is 3. The van der Waals surface area contributed by atoms with Gasteiger partial charge in [0.15, 0.2) is 0 Å². The second-order valence-electron chi connectivity index (χ2n) is 7.19. The minimum atomic E-state index is -0.193. The summed E-state index contributed by atoms with van der Waals surface area (Å²) in [6, 6.07) is 14.2. The first-order chi connectivity index (χ1) is 15.1. The van der Waals surface area contributed by atoms with Crippen LogP contribution in [-0.2, 0) is 14.3 Å². The predicted molar refractivity (Wildman–Crippen MR) is 119 cm³/mol. The molecule has 2 amide bonds. The molecule has 0 spiro atoms. The van der Waals surface area contributed by atoms with Gasteiger partial charge in [-0.25, -0.2) is 0 Å². The van der Waals surface area contributed by atoms with E-state index in [4.69, 9.17) is 14.2 Å². The summed E-state index contributed by atoms with van der Waals surface area (Å²) < 4.78 is 16.0. The van der Waals surface area contributed by atoms with Gasteiger partial charge in [0.05, 0.1) is 19.3 Å². The maximum Gasteiger partial charge on any atom is 0.251 e. The number of rotatable bonds is 11. The van der Waals surface area contributed by atoms with Crippen LogP contribution in [-0.4, -0.2) is 57.9 Å². The molecule has 1 saturated heterocycles. The maximum atomic E-state index is 12.2. The largest absolute Gasteiger partial charge is 0.491 e. The summed E-state index contributed by atoms with van der Waals surface area (Å²) in [6.45, 7) is 2.35. The molecule has 0 bridgehead atoms. The van der Waals surface area contributed by atoms with Crippen molar-refractivity contribution in [3.05, 3.63) is 54.1 Å². The van der Waals surface area contributed by atoms with E-state index in [0.29, 0.717) is 36.8 Å². The van der Waals surface area contributed by atoms with Gasteiger partial charge in [-0.15, -0.1) is 0 Å². The van der Waals surface area contributed by atoms with E-state index < -0.39 is 0 Å². The zero-order valence-electron chi connectivity index (χ0n) is 17.7. The highest BCUT2D eigenvalue weighted by atomic mass is 16.5. The molecule has 1 heterocycles. The molecule has 1 aliphatic heterocycles. The Morgan fingerprint density at radius 3 is 2.68 bits per heavy atom. The summed E-state index contributed by atoms with van der Waals surface area (Å²) in [5.41, 5.74) is 1.95. The topological polar surface area (TPSA) is 97.9 Å². The average molecular weight is 428 g/mol. The number of hydrogen-bond donors (Lipinski definition) is 3. The van der Waals surface area contributed by atoms with Gasteiger partial charge in [0.1, 0.15) is 12.4 Å². The third kappa shape index (κ3) is 7.58. The van der Waals surface area contributed by atoms with E-state index in [1.54, 1.807) is 31.4 Å². The van der Waals surface area contributed by atoms with Crippen molar-refractivity contribution in [3.63, 3.8) is 0 Å². The monoisotopic (exact) mass is 427 g/mol. The summed E-state index contributed by atoms with van der Waals surface area (Å²) in [5.74, 6) is 0.361. The number of ether oxygens (including phenoxy) is 3. The molecule has 0 radical (unpaired) electrons. The Bertz CT molecular complexity index is 851. The van der Waals surface area contributed by atoms with Gasteiger partial charge < -0.3 is 30.2 Å². The lowest BCUT2D eigenvalue weighted by Crippen LogP contribution is -2.31. The Balaban J connectivity index is 1.42. The number of hydrogen-bond acceptors (Lipinski definition) is 6.